The molecular weight excluding hydrogens is 320 g/mol. The molecule has 1 aliphatic rings. The summed E-state index contributed by atoms with van der Waals surface area (Å²) >= 11 is 3.60. The number of Topliss-reactive ketones (excluding diaryl/α,β-unsaturated/α-hetero) is 1. The molecule has 0 amide bonds. The number of rotatable bonds is 5. The van der Waals surface area contributed by atoms with Gasteiger partial charge in [0.05, 0.1) is 22.3 Å². The molecule has 0 bridgehead atoms. The SMILES string of the molecule is CCc1nn(CC)c(CC(=O)C2(C)CCCCO2)c1Br. The quantitative estimate of drug-likeness (QED) is 0.824. The first-order valence-corrected chi connectivity index (χ1v) is 8.22. The maximum Gasteiger partial charge on any atom is 0.170 e. The van der Waals surface area contributed by atoms with Crippen LogP contribution in [-0.2, 0) is 28.9 Å². The summed E-state index contributed by atoms with van der Waals surface area (Å²) in [6, 6.07) is 0. The molecule has 1 atom stereocenters. The minimum absolute atomic E-state index is 0.162. The first kappa shape index (κ1) is 15.7. The predicted molar refractivity (Wildman–Crippen MR) is 81.9 cm³/mol. The maximum atomic E-state index is 12.6. The fraction of sp³-hybridized carbons (Fsp3) is 0.733. The van der Waals surface area contributed by atoms with E-state index in [1.54, 1.807) is 0 Å². The van der Waals surface area contributed by atoms with E-state index in [0.717, 1.165) is 48.1 Å². The molecule has 1 fully saturated rings. The van der Waals surface area contributed by atoms with Crippen LogP contribution >= 0.6 is 15.9 Å². The molecule has 4 nitrogen and oxygen atoms in total. The normalized spacial score (nSPS) is 23.0. The van der Waals surface area contributed by atoms with Gasteiger partial charge in [-0.25, -0.2) is 0 Å². The summed E-state index contributed by atoms with van der Waals surface area (Å²) in [7, 11) is 0. The number of ether oxygens (including phenoxy) is 1. The van der Waals surface area contributed by atoms with Gasteiger partial charge in [-0.05, 0) is 55.5 Å². The monoisotopic (exact) mass is 342 g/mol. The highest BCUT2D eigenvalue weighted by Crippen LogP contribution is 2.29. The topological polar surface area (TPSA) is 44.1 Å². The molecule has 0 aliphatic carbocycles. The van der Waals surface area contributed by atoms with Gasteiger partial charge in [-0.3, -0.25) is 9.48 Å². The number of hydrogen-bond donors (Lipinski definition) is 0. The van der Waals surface area contributed by atoms with E-state index in [1.807, 2.05) is 18.5 Å². The second-order valence-corrected chi connectivity index (χ2v) is 6.31. The van der Waals surface area contributed by atoms with Crippen LogP contribution in [0.25, 0.3) is 0 Å². The lowest BCUT2D eigenvalue weighted by atomic mass is 9.89. The van der Waals surface area contributed by atoms with Gasteiger partial charge in [0.15, 0.2) is 5.78 Å². The number of aryl methyl sites for hydroxylation is 2. The van der Waals surface area contributed by atoms with Crippen molar-refractivity contribution >= 4 is 21.7 Å². The largest absolute Gasteiger partial charge is 0.367 e. The highest BCUT2D eigenvalue weighted by Gasteiger charge is 2.36. The number of nitrogens with zero attached hydrogens (tertiary/aromatic N) is 2. The fourth-order valence-corrected chi connectivity index (χ4v) is 3.38. The molecule has 112 valence electrons. The third kappa shape index (κ3) is 2.98. The number of carbonyl (C=O) groups is 1. The molecule has 1 aliphatic heterocycles. The van der Waals surface area contributed by atoms with Crippen LogP contribution in [0.4, 0.5) is 0 Å². The van der Waals surface area contributed by atoms with Crippen LogP contribution in [0.3, 0.4) is 0 Å². The van der Waals surface area contributed by atoms with Crippen molar-refractivity contribution in [3.63, 3.8) is 0 Å². The third-order valence-electron chi connectivity index (χ3n) is 4.08. The minimum Gasteiger partial charge on any atom is -0.367 e. The van der Waals surface area contributed by atoms with Crippen LogP contribution in [0.5, 0.6) is 0 Å². The smallest absolute Gasteiger partial charge is 0.170 e. The van der Waals surface area contributed by atoms with Gasteiger partial charge in [-0.1, -0.05) is 6.92 Å². The zero-order chi connectivity index (χ0) is 14.8. The number of ketones is 1. The maximum absolute atomic E-state index is 12.6. The first-order valence-electron chi connectivity index (χ1n) is 7.43. The van der Waals surface area contributed by atoms with Gasteiger partial charge in [-0.15, -0.1) is 0 Å². The molecule has 2 heterocycles. The second kappa shape index (κ2) is 6.39. The molecule has 0 aromatic carbocycles. The Labute approximate surface area is 129 Å². The first-order chi connectivity index (χ1) is 9.51. The average Bonchev–Trinajstić information content (AvgIpc) is 2.76. The van der Waals surface area contributed by atoms with Crippen LogP contribution in [0.2, 0.25) is 0 Å². The molecule has 2 rings (SSSR count). The Morgan fingerprint density at radius 1 is 1.45 bits per heavy atom. The summed E-state index contributed by atoms with van der Waals surface area (Å²) < 4.78 is 8.66. The van der Waals surface area contributed by atoms with Crippen LogP contribution in [0, 0.1) is 0 Å². The molecule has 5 heteroatoms. The Balaban J connectivity index is 2.20. The number of halogens is 1. The lowest BCUT2D eigenvalue weighted by Crippen LogP contribution is -2.42. The van der Waals surface area contributed by atoms with E-state index < -0.39 is 5.60 Å². The van der Waals surface area contributed by atoms with Crippen molar-refractivity contribution in [1.29, 1.82) is 0 Å². The highest BCUT2D eigenvalue weighted by atomic mass is 79.9. The summed E-state index contributed by atoms with van der Waals surface area (Å²) in [6.07, 6.45) is 4.20. The standard InChI is InChI=1S/C15H23BrN2O2/c1-4-11-14(16)12(18(5-2)17-11)10-13(19)15(3)8-6-7-9-20-15/h4-10H2,1-3H3. The van der Waals surface area contributed by atoms with Crippen molar-refractivity contribution in [2.45, 2.75) is 65.0 Å². The van der Waals surface area contributed by atoms with E-state index in [1.165, 1.54) is 0 Å². The third-order valence-corrected chi connectivity index (χ3v) is 5.00. The van der Waals surface area contributed by atoms with Gasteiger partial charge >= 0.3 is 0 Å². The summed E-state index contributed by atoms with van der Waals surface area (Å²) in [4.78, 5) is 12.6. The van der Waals surface area contributed by atoms with Crippen molar-refractivity contribution in [3.8, 4) is 0 Å². The molecule has 0 saturated carbocycles. The zero-order valence-electron chi connectivity index (χ0n) is 12.5. The summed E-state index contributed by atoms with van der Waals surface area (Å²) in [5.41, 5.74) is 1.38. The van der Waals surface area contributed by atoms with Gasteiger partial charge in [0, 0.05) is 13.2 Å². The van der Waals surface area contributed by atoms with Crippen molar-refractivity contribution in [3.05, 3.63) is 15.9 Å². The molecule has 20 heavy (non-hydrogen) atoms. The van der Waals surface area contributed by atoms with Crippen molar-refractivity contribution in [2.24, 2.45) is 0 Å². The van der Waals surface area contributed by atoms with E-state index in [0.29, 0.717) is 13.0 Å². The fourth-order valence-electron chi connectivity index (χ4n) is 2.68. The molecule has 0 spiro atoms. The molecule has 1 aromatic heterocycles. The Hall–Kier alpha value is -0.680. The lowest BCUT2D eigenvalue weighted by Gasteiger charge is -2.32. The zero-order valence-corrected chi connectivity index (χ0v) is 14.1. The van der Waals surface area contributed by atoms with Crippen molar-refractivity contribution < 1.29 is 9.53 Å². The van der Waals surface area contributed by atoms with E-state index in [9.17, 15) is 4.79 Å². The van der Waals surface area contributed by atoms with Gasteiger partial charge in [0.1, 0.15) is 5.60 Å². The van der Waals surface area contributed by atoms with Crippen LogP contribution in [-0.4, -0.2) is 27.8 Å². The van der Waals surface area contributed by atoms with E-state index in [4.69, 9.17) is 4.74 Å². The summed E-state index contributed by atoms with van der Waals surface area (Å²) in [5.74, 6) is 0.162. The summed E-state index contributed by atoms with van der Waals surface area (Å²) in [5, 5.41) is 4.54. The van der Waals surface area contributed by atoms with Gasteiger partial charge in [0.25, 0.3) is 0 Å². The molecule has 0 radical (unpaired) electrons. The van der Waals surface area contributed by atoms with Crippen LogP contribution in [0.15, 0.2) is 4.47 Å². The Kier molecular flexibility index (Phi) is 5.02. The van der Waals surface area contributed by atoms with Gasteiger partial charge < -0.3 is 4.74 Å². The second-order valence-electron chi connectivity index (χ2n) is 5.51. The van der Waals surface area contributed by atoms with Crippen LogP contribution in [0.1, 0.15) is 51.4 Å². The molecule has 0 N–H and O–H groups in total. The van der Waals surface area contributed by atoms with Crippen molar-refractivity contribution in [2.75, 3.05) is 6.61 Å². The van der Waals surface area contributed by atoms with Gasteiger partial charge in [0.2, 0.25) is 0 Å². The minimum atomic E-state index is -0.618. The van der Waals surface area contributed by atoms with Crippen LogP contribution < -0.4 is 0 Å². The Morgan fingerprint density at radius 2 is 2.20 bits per heavy atom. The number of hydrogen-bond acceptors (Lipinski definition) is 3. The van der Waals surface area contributed by atoms with E-state index in [2.05, 4.69) is 28.0 Å². The Morgan fingerprint density at radius 3 is 2.75 bits per heavy atom. The molecular formula is C15H23BrN2O2. The highest BCUT2D eigenvalue weighted by molar-refractivity contribution is 9.10. The molecule has 1 unspecified atom stereocenters. The van der Waals surface area contributed by atoms with E-state index in [-0.39, 0.29) is 5.78 Å². The Bertz CT molecular complexity index is 490. The van der Waals surface area contributed by atoms with Gasteiger partial charge in [-0.2, -0.15) is 5.10 Å². The van der Waals surface area contributed by atoms with E-state index >= 15 is 0 Å². The average molecular weight is 343 g/mol. The molecule has 1 aromatic rings. The lowest BCUT2D eigenvalue weighted by molar-refractivity contribution is -0.147. The predicted octanol–water partition coefficient (Wildman–Crippen LogP) is 3.30. The number of carbonyl (C=O) groups excluding carboxylic acids is 1. The molecule has 1 saturated heterocycles. The summed E-state index contributed by atoms with van der Waals surface area (Å²) in [6.45, 7) is 7.52. The number of aromatic nitrogens is 2. The van der Waals surface area contributed by atoms with Crippen molar-refractivity contribution in [1.82, 2.24) is 9.78 Å².